The van der Waals surface area contributed by atoms with Crippen molar-refractivity contribution in [1.29, 1.82) is 0 Å². The minimum absolute atomic E-state index is 0.631. The number of nitrogens with two attached hydrogens (primary N) is 1. The van der Waals surface area contributed by atoms with Gasteiger partial charge in [-0.3, -0.25) is 9.11 Å². The molecule has 0 unspecified atom stereocenters. The first-order valence-corrected chi connectivity index (χ1v) is 4.44. The fourth-order valence-electron chi connectivity index (χ4n) is 0.311. The van der Waals surface area contributed by atoms with Crippen LogP contribution in [0, 0.1) is 0 Å². The standard InChI is InChI=1S/C5H11NO.H2O4S/c1-2-3-4-5-7-6;1-5(2,3)4/h2H,1,3-6H2;(H2,1,2,3,4). The van der Waals surface area contributed by atoms with E-state index in [1.807, 2.05) is 6.08 Å². The summed E-state index contributed by atoms with van der Waals surface area (Å²) in [4.78, 5) is 4.30. The van der Waals surface area contributed by atoms with Gasteiger partial charge in [0.2, 0.25) is 0 Å². The highest BCUT2D eigenvalue weighted by atomic mass is 32.3. The Morgan fingerprint density at radius 1 is 1.50 bits per heavy atom. The molecule has 0 aromatic rings. The second-order valence-electron chi connectivity index (χ2n) is 1.75. The molecular weight excluding hydrogens is 186 g/mol. The van der Waals surface area contributed by atoms with E-state index in [2.05, 4.69) is 11.4 Å². The first-order chi connectivity index (χ1) is 5.41. The van der Waals surface area contributed by atoms with Gasteiger partial charge in [0.05, 0.1) is 6.61 Å². The van der Waals surface area contributed by atoms with E-state index in [1.54, 1.807) is 0 Å². The number of rotatable bonds is 4. The highest BCUT2D eigenvalue weighted by molar-refractivity contribution is 7.79. The summed E-state index contributed by atoms with van der Waals surface area (Å²) in [5.41, 5.74) is 0. The summed E-state index contributed by atoms with van der Waals surface area (Å²) in [5, 5.41) is 0. The molecule has 0 rings (SSSR count). The van der Waals surface area contributed by atoms with Crippen molar-refractivity contribution in [2.75, 3.05) is 6.61 Å². The topological polar surface area (TPSA) is 110 Å². The zero-order chi connectivity index (χ0) is 10.0. The van der Waals surface area contributed by atoms with Crippen LogP contribution < -0.4 is 5.90 Å². The second kappa shape index (κ2) is 8.62. The summed E-state index contributed by atoms with van der Waals surface area (Å²) >= 11 is 0. The second-order valence-corrected chi connectivity index (χ2v) is 2.65. The zero-order valence-electron chi connectivity index (χ0n) is 6.51. The van der Waals surface area contributed by atoms with Gasteiger partial charge >= 0.3 is 10.4 Å². The van der Waals surface area contributed by atoms with Crippen LogP contribution in [0.2, 0.25) is 0 Å². The Balaban J connectivity index is 0. The van der Waals surface area contributed by atoms with E-state index in [4.69, 9.17) is 23.4 Å². The predicted octanol–water partition coefficient (Wildman–Crippen LogP) is 0.190. The fourth-order valence-corrected chi connectivity index (χ4v) is 0.311. The monoisotopic (exact) mass is 199 g/mol. The summed E-state index contributed by atoms with van der Waals surface area (Å²) in [5.74, 6) is 4.73. The molecule has 0 aromatic heterocycles. The van der Waals surface area contributed by atoms with Gasteiger partial charge < -0.3 is 4.84 Å². The van der Waals surface area contributed by atoms with Gasteiger partial charge in [0.1, 0.15) is 0 Å². The van der Waals surface area contributed by atoms with Crippen LogP contribution in [0.25, 0.3) is 0 Å². The van der Waals surface area contributed by atoms with Crippen molar-refractivity contribution in [3.05, 3.63) is 12.7 Å². The molecule has 7 heteroatoms. The molecule has 74 valence electrons. The Morgan fingerprint density at radius 3 is 2.17 bits per heavy atom. The number of hydrogen-bond acceptors (Lipinski definition) is 4. The smallest absolute Gasteiger partial charge is 0.305 e. The van der Waals surface area contributed by atoms with Crippen LogP contribution in [0.4, 0.5) is 0 Å². The van der Waals surface area contributed by atoms with Gasteiger partial charge in [-0.25, -0.2) is 5.90 Å². The fraction of sp³-hybridized carbons (Fsp3) is 0.600. The van der Waals surface area contributed by atoms with Crippen LogP contribution in [0.1, 0.15) is 12.8 Å². The lowest BCUT2D eigenvalue weighted by Crippen LogP contribution is -1.99. The van der Waals surface area contributed by atoms with E-state index in [1.165, 1.54) is 0 Å². The Hall–Kier alpha value is -0.470. The molecule has 0 aliphatic carbocycles. The molecule has 0 aromatic carbocycles. The molecule has 0 saturated heterocycles. The lowest BCUT2D eigenvalue weighted by Gasteiger charge is -1.89. The van der Waals surface area contributed by atoms with Crippen molar-refractivity contribution >= 4 is 10.4 Å². The van der Waals surface area contributed by atoms with Crippen LogP contribution >= 0.6 is 0 Å². The van der Waals surface area contributed by atoms with Crippen LogP contribution in [-0.2, 0) is 15.2 Å². The molecule has 0 amide bonds. The maximum Gasteiger partial charge on any atom is 0.394 e. The van der Waals surface area contributed by atoms with Crippen LogP contribution in [0.3, 0.4) is 0 Å². The molecule has 6 nitrogen and oxygen atoms in total. The van der Waals surface area contributed by atoms with Crippen LogP contribution in [-0.4, -0.2) is 24.1 Å². The molecule has 0 radical (unpaired) electrons. The number of allylic oxidation sites excluding steroid dienone is 1. The summed E-state index contributed by atoms with van der Waals surface area (Å²) < 4.78 is 31.6. The molecule has 0 saturated carbocycles. The summed E-state index contributed by atoms with van der Waals surface area (Å²) in [6, 6.07) is 0. The minimum atomic E-state index is -4.67. The van der Waals surface area contributed by atoms with Gasteiger partial charge in [-0.15, -0.1) is 6.58 Å². The predicted molar refractivity (Wildman–Crippen MR) is 43.7 cm³/mol. The van der Waals surface area contributed by atoms with E-state index in [-0.39, 0.29) is 0 Å². The molecule has 12 heavy (non-hydrogen) atoms. The Kier molecular flexibility index (Phi) is 10.1. The summed E-state index contributed by atoms with van der Waals surface area (Å²) in [6.45, 7) is 4.17. The van der Waals surface area contributed by atoms with Crippen molar-refractivity contribution in [3.63, 3.8) is 0 Å². The summed E-state index contributed by atoms with van der Waals surface area (Å²) in [7, 11) is -4.67. The average Bonchev–Trinajstić information content (AvgIpc) is 1.85. The van der Waals surface area contributed by atoms with Crippen molar-refractivity contribution in [3.8, 4) is 0 Å². The van der Waals surface area contributed by atoms with Gasteiger partial charge in [0.25, 0.3) is 0 Å². The summed E-state index contributed by atoms with van der Waals surface area (Å²) in [6.07, 6.45) is 3.80. The first-order valence-electron chi connectivity index (χ1n) is 3.04. The van der Waals surface area contributed by atoms with Gasteiger partial charge in [-0.2, -0.15) is 8.42 Å². The van der Waals surface area contributed by atoms with E-state index in [0.29, 0.717) is 6.61 Å². The highest BCUT2D eigenvalue weighted by Crippen LogP contribution is 1.86. The van der Waals surface area contributed by atoms with Crippen LogP contribution in [0.15, 0.2) is 12.7 Å². The SMILES string of the molecule is C=CCCCON.O=S(=O)(O)O. The molecule has 0 aliphatic rings. The highest BCUT2D eigenvalue weighted by Gasteiger charge is 1.84. The van der Waals surface area contributed by atoms with Gasteiger partial charge in [-0.05, 0) is 12.8 Å². The third kappa shape index (κ3) is 55.6. The maximum atomic E-state index is 8.74. The van der Waals surface area contributed by atoms with Crippen molar-refractivity contribution < 1.29 is 22.4 Å². The van der Waals surface area contributed by atoms with Crippen LogP contribution in [0.5, 0.6) is 0 Å². The Bertz CT molecular complexity index is 180. The molecule has 0 heterocycles. The Morgan fingerprint density at radius 2 is 1.92 bits per heavy atom. The molecular formula is C5H13NO5S. The largest absolute Gasteiger partial charge is 0.394 e. The first kappa shape index (κ1) is 14.1. The Labute approximate surface area is 71.6 Å². The van der Waals surface area contributed by atoms with Gasteiger partial charge in [0, 0.05) is 0 Å². The number of unbranched alkanes of at least 4 members (excludes halogenated alkanes) is 1. The van der Waals surface area contributed by atoms with E-state index in [0.717, 1.165) is 12.8 Å². The zero-order valence-corrected chi connectivity index (χ0v) is 7.33. The number of hydrogen-bond donors (Lipinski definition) is 3. The van der Waals surface area contributed by atoms with E-state index >= 15 is 0 Å². The molecule has 0 atom stereocenters. The normalized spacial score (nSPS) is 9.92. The van der Waals surface area contributed by atoms with Gasteiger partial charge in [-0.1, -0.05) is 6.08 Å². The molecule has 4 N–H and O–H groups in total. The lowest BCUT2D eigenvalue weighted by molar-refractivity contribution is 0.136. The molecule has 0 aliphatic heterocycles. The van der Waals surface area contributed by atoms with Crippen molar-refractivity contribution in [1.82, 2.24) is 0 Å². The lowest BCUT2D eigenvalue weighted by atomic mass is 10.3. The van der Waals surface area contributed by atoms with E-state index in [9.17, 15) is 0 Å². The average molecular weight is 199 g/mol. The van der Waals surface area contributed by atoms with E-state index < -0.39 is 10.4 Å². The maximum absolute atomic E-state index is 8.74. The molecule has 0 fully saturated rings. The minimum Gasteiger partial charge on any atom is -0.305 e. The van der Waals surface area contributed by atoms with Crippen molar-refractivity contribution in [2.24, 2.45) is 5.90 Å². The van der Waals surface area contributed by atoms with Crippen molar-refractivity contribution in [2.45, 2.75) is 12.8 Å². The van der Waals surface area contributed by atoms with Gasteiger partial charge in [0.15, 0.2) is 0 Å². The molecule has 0 bridgehead atoms. The third-order valence-corrected chi connectivity index (χ3v) is 0.670. The third-order valence-electron chi connectivity index (χ3n) is 0.670. The quantitative estimate of drug-likeness (QED) is 0.258. The molecule has 0 spiro atoms.